The van der Waals surface area contributed by atoms with Crippen LogP contribution < -0.4 is 14.8 Å². The quantitative estimate of drug-likeness (QED) is 0.928. The summed E-state index contributed by atoms with van der Waals surface area (Å²) < 4.78 is 0.996. The van der Waals surface area contributed by atoms with Crippen LogP contribution in [0.3, 0.4) is 0 Å². The van der Waals surface area contributed by atoms with Gasteiger partial charge < -0.3 is 4.98 Å². The second kappa shape index (κ2) is 6.72. The molecule has 1 aromatic carbocycles. The monoisotopic (exact) mass is 299 g/mol. The maximum absolute atomic E-state index is 11.6. The van der Waals surface area contributed by atoms with Crippen LogP contribution in [0.15, 0.2) is 29.1 Å². The van der Waals surface area contributed by atoms with Gasteiger partial charge in [-0.3, -0.25) is 4.79 Å². The lowest BCUT2D eigenvalue weighted by Crippen LogP contribution is -2.21. The van der Waals surface area contributed by atoms with Crippen molar-refractivity contribution in [3.63, 3.8) is 0 Å². The van der Waals surface area contributed by atoms with Crippen LogP contribution in [0.5, 0.6) is 0 Å². The normalized spacial score (nSPS) is 14.0. The first-order chi connectivity index (χ1) is 10.0. The topological polar surface area (TPSA) is 32.9 Å². The fraction of sp³-hybridized carbons (Fsp3) is 0.278. The molecule has 2 aromatic rings. The fourth-order valence-electron chi connectivity index (χ4n) is 2.32. The van der Waals surface area contributed by atoms with Gasteiger partial charge in [0.1, 0.15) is 0 Å². The van der Waals surface area contributed by atoms with E-state index in [1.165, 1.54) is 28.0 Å². The van der Waals surface area contributed by atoms with Gasteiger partial charge in [-0.15, -0.1) is 0 Å². The molecule has 0 fully saturated rings. The van der Waals surface area contributed by atoms with E-state index in [0.717, 1.165) is 21.9 Å². The molecular weight excluding hydrogens is 278 g/mol. The van der Waals surface area contributed by atoms with E-state index in [1.807, 2.05) is 6.92 Å². The Morgan fingerprint density at radius 2 is 2.10 bits per heavy atom. The Kier molecular flexibility index (Phi) is 4.97. The van der Waals surface area contributed by atoms with Crippen LogP contribution in [0.1, 0.15) is 37.0 Å². The number of nitrogens with one attached hydrogen (secondary N) is 1. The number of aromatic nitrogens is 1. The highest BCUT2D eigenvalue weighted by Gasteiger charge is 2.03. The zero-order valence-corrected chi connectivity index (χ0v) is 13.8. The number of hydrogen-bond acceptors (Lipinski definition) is 2. The van der Waals surface area contributed by atoms with Crippen molar-refractivity contribution in [2.24, 2.45) is 0 Å². The second-order valence-electron chi connectivity index (χ2n) is 5.11. The summed E-state index contributed by atoms with van der Waals surface area (Å²) in [6.45, 7) is 8.32. The summed E-state index contributed by atoms with van der Waals surface area (Å²) in [7, 11) is 0. The molecule has 1 aromatic heterocycles. The first-order valence-corrected chi connectivity index (χ1v) is 8.01. The maximum atomic E-state index is 11.6. The standard InChI is InChI=1S/C18H21NOS/c1-5-7-16-17(21-18(20)19-16)11-14(6-2)15-10-12(3)8-9-13(15)4/h6-11H,5H2,1-4H3,(H,19,20)/b14-6-,16-7-,17-11-. The second-order valence-corrected chi connectivity index (χ2v) is 6.13. The third-order valence-electron chi connectivity index (χ3n) is 3.41. The molecule has 0 unspecified atom stereocenters. The number of thiazole rings is 1. The van der Waals surface area contributed by atoms with Crippen LogP contribution in [-0.2, 0) is 0 Å². The summed E-state index contributed by atoms with van der Waals surface area (Å²) in [5.74, 6) is 0. The van der Waals surface area contributed by atoms with Gasteiger partial charge in [0.15, 0.2) is 0 Å². The molecular formula is C18H21NOS. The molecule has 0 spiro atoms. The van der Waals surface area contributed by atoms with Crippen LogP contribution in [-0.4, -0.2) is 4.98 Å². The van der Waals surface area contributed by atoms with Gasteiger partial charge in [0.25, 0.3) is 0 Å². The highest BCUT2D eigenvalue weighted by molar-refractivity contribution is 7.07. The zero-order chi connectivity index (χ0) is 15.4. The SMILES string of the molecule is C/C=C(/C=c1\sc(=O)[nH]\c1=C/CC)c1cc(C)ccc1C. The summed E-state index contributed by atoms with van der Waals surface area (Å²) in [4.78, 5) is 14.5. The molecule has 2 nitrogen and oxygen atoms in total. The van der Waals surface area contributed by atoms with Crippen LogP contribution in [0.2, 0.25) is 0 Å². The summed E-state index contributed by atoms with van der Waals surface area (Å²) in [6.07, 6.45) is 7.16. The molecule has 0 saturated carbocycles. The molecule has 3 heteroatoms. The Morgan fingerprint density at radius 1 is 1.33 bits per heavy atom. The Morgan fingerprint density at radius 3 is 2.76 bits per heavy atom. The fourth-order valence-corrected chi connectivity index (χ4v) is 3.11. The minimum atomic E-state index is -0.00244. The van der Waals surface area contributed by atoms with E-state index in [0.29, 0.717) is 0 Å². The molecule has 0 radical (unpaired) electrons. The maximum Gasteiger partial charge on any atom is 0.305 e. The summed E-state index contributed by atoms with van der Waals surface area (Å²) in [5, 5.41) is 0.928. The third kappa shape index (κ3) is 3.61. The van der Waals surface area contributed by atoms with Gasteiger partial charge in [0, 0.05) is 0 Å². The van der Waals surface area contributed by atoms with Gasteiger partial charge in [-0.05, 0) is 50.0 Å². The lowest BCUT2D eigenvalue weighted by atomic mass is 9.98. The minimum Gasteiger partial charge on any atom is -0.313 e. The largest absolute Gasteiger partial charge is 0.313 e. The molecule has 0 aliphatic carbocycles. The Labute approximate surface area is 129 Å². The molecule has 1 N–H and O–H groups in total. The predicted molar refractivity (Wildman–Crippen MR) is 93.0 cm³/mol. The van der Waals surface area contributed by atoms with Gasteiger partial charge in [0.2, 0.25) is 0 Å². The highest BCUT2D eigenvalue weighted by atomic mass is 32.1. The van der Waals surface area contributed by atoms with Crippen molar-refractivity contribution >= 4 is 29.1 Å². The van der Waals surface area contributed by atoms with Gasteiger partial charge in [0.05, 0.1) is 9.88 Å². The number of aryl methyl sites for hydroxylation is 2. The van der Waals surface area contributed by atoms with Crippen LogP contribution in [0, 0.1) is 13.8 Å². The highest BCUT2D eigenvalue weighted by Crippen LogP contribution is 2.21. The number of allylic oxidation sites excluding steroid dienone is 2. The number of H-pyrrole nitrogens is 1. The van der Waals surface area contributed by atoms with Crippen molar-refractivity contribution in [2.75, 3.05) is 0 Å². The number of hydrogen-bond donors (Lipinski definition) is 1. The number of rotatable bonds is 3. The molecule has 0 atom stereocenters. The minimum absolute atomic E-state index is 0.00244. The van der Waals surface area contributed by atoms with E-state index < -0.39 is 0 Å². The average Bonchev–Trinajstić information content (AvgIpc) is 2.79. The van der Waals surface area contributed by atoms with Gasteiger partial charge in [-0.25, -0.2) is 0 Å². The van der Waals surface area contributed by atoms with Crippen molar-refractivity contribution in [3.05, 3.63) is 60.5 Å². The smallest absolute Gasteiger partial charge is 0.305 e. The molecule has 21 heavy (non-hydrogen) atoms. The van der Waals surface area contributed by atoms with Gasteiger partial charge in [-0.2, -0.15) is 0 Å². The molecule has 0 aliphatic heterocycles. The average molecular weight is 299 g/mol. The summed E-state index contributed by atoms with van der Waals surface area (Å²) in [6, 6.07) is 6.46. The van der Waals surface area contributed by atoms with Gasteiger partial charge >= 0.3 is 4.87 Å². The van der Waals surface area contributed by atoms with Crippen molar-refractivity contribution in [2.45, 2.75) is 34.1 Å². The van der Waals surface area contributed by atoms with Crippen molar-refractivity contribution in [3.8, 4) is 0 Å². The van der Waals surface area contributed by atoms with Crippen molar-refractivity contribution in [1.29, 1.82) is 0 Å². The molecule has 0 amide bonds. The van der Waals surface area contributed by atoms with E-state index in [1.54, 1.807) is 0 Å². The summed E-state index contributed by atoms with van der Waals surface area (Å²) in [5.41, 5.74) is 4.86. The predicted octanol–water partition coefficient (Wildman–Crippen LogP) is 3.13. The lowest BCUT2D eigenvalue weighted by Gasteiger charge is -2.07. The molecule has 1 heterocycles. The molecule has 0 bridgehead atoms. The first-order valence-electron chi connectivity index (χ1n) is 7.20. The molecule has 0 saturated heterocycles. The Balaban J connectivity index is 2.65. The van der Waals surface area contributed by atoms with Crippen molar-refractivity contribution < 1.29 is 0 Å². The van der Waals surface area contributed by atoms with Crippen LogP contribution in [0.4, 0.5) is 0 Å². The van der Waals surface area contributed by atoms with E-state index in [2.05, 4.69) is 62.2 Å². The first kappa shape index (κ1) is 15.5. The van der Waals surface area contributed by atoms with Crippen molar-refractivity contribution in [1.82, 2.24) is 4.98 Å². The number of benzene rings is 1. The van der Waals surface area contributed by atoms with E-state index >= 15 is 0 Å². The van der Waals surface area contributed by atoms with Crippen LogP contribution in [0.25, 0.3) is 17.7 Å². The number of aromatic amines is 1. The zero-order valence-electron chi connectivity index (χ0n) is 13.0. The molecule has 0 aliphatic rings. The van der Waals surface area contributed by atoms with Crippen LogP contribution >= 0.6 is 11.3 Å². The van der Waals surface area contributed by atoms with Gasteiger partial charge in [-0.1, -0.05) is 54.2 Å². The van der Waals surface area contributed by atoms with E-state index in [9.17, 15) is 4.79 Å². The Hall–Kier alpha value is -1.87. The lowest BCUT2D eigenvalue weighted by molar-refractivity contribution is 1.21. The molecule has 110 valence electrons. The van der Waals surface area contributed by atoms with E-state index in [4.69, 9.17) is 0 Å². The summed E-state index contributed by atoms with van der Waals surface area (Å²) >= 11 is 1.26. The third-order valence-corrected chi connectivity index (χ3v) is 4.26. The molecule has 2 rings (SSSR count). The van der Waals surface area contributed by atoms with E-state index in [-0.39, 0.29) is 4.87 Å². The Bertz CT molecular complexity index is 837.